The second kappa shape index (κ2) is 4.06. The number of para-hydroxylation sites is 1. The molecule has 0 amide bonds. The van der Waals surface area contributed by atoms with E-state index >= 15 is 0 Å². The zero-order valence-electron chi connectivity index (χ0n) is 9.15. The number of benzene rings is 1. The molecule has 1 aromatic heterocycles. The van der Waals surface area contributed by atoms with Crippen molar-refractivity contribution in [1.82, 2.24) is 9.55 Å². The van der Waals surface area contributed by atoms with Crippen molar-refractivity contribution in [2.24, 2.45) is 0 Å². The summed E-state index contributed by atoms with van der Waals surface area (Å²) < 4.78 is 2.32. The van der Waals surface area contributed by atoms with E-state index in [1.165, 1.54) is 0 Å². The number of H-pyrrole nitrogens is 1. The summed E-state index contributed by atoms with van der Waals surface area (Å²) >= 11 is 5.22. The monoisotopic (exact) mass is 232 g/mol. The van der Waals surface area contributed by atoms with E-state index in [2.05, 4.69) is 4.98 Å². The van der Waals surface area contributed by atoms with Gasteiger partial charge in [-0.25, -0.2) is 0 Å². The third kappa shape index (κ3) is 1.72. The van der Waals surface area contributed by atoms with Crippen molar-refractivity contribution in [2.45, 2.75) is 13.8 Å². The van der Waals surface area contributed by atoms with Crippen LogP contribution in [0, 0.1) is 11.7 Å². The lowest BCUT2D eigenvalue weighted by atomic mass is 10.2. The Morgan fingerprint density at radius 3 is 2.50 bits per heavy atom. The van der Waals surface area contributed by atoms with Gasteiger partial charge in [-0.05, 0) is 31.3 Å². The van der Waals surface area contributed by atoms with Crippen molar-refractivity contribution in [2.75, 3.05) is 0 Å². The van der Waals surface area contributed by atoms with Gasteiger partial charge in [0.25, 0.3) is 0 Å². The average molecular weight is 232 g/mol. The van der Waals surface area contributed by atoms with Crippen molar-refractivity contribution in [3.8, 4) is 5.69 Å². The number of Topliss-reactive ketones (excluding diaryl/α,β-unsaturated/α-hetero) is 1. The molecule has 2 aromatic rings. The molecule has 0 spiro atoms. The molecule has 0 unspecified atom stereocenters. The second-order valence-corrected chi connectivity index (χ2v) is 4.02. The first-order chi connectivity index (χ1) is 7.61. The van der Waals surface area contributed by atoms with Crippen molar-refractivity contribution in [3.63, 3.8) is 0 Å². The van der Waals surface area contributed by atoms with Crippen LogP contribution in [-0.4, -0.2) is 15.3 Å². The van der Waals surface area contributed by atoms with E-state index in [0.717, 1.165) is 11.4 Å². The molecule has 0 aliphatic heterocycles. The highest BCUT2D eigenvalue weighted by Gasteiger charge is 2.13. The van der Waals surface area contributed by atoms with E-state index in [0.29, 0.717) is 10.5 Å². The standard InChI is InChI=1S/C12H12N2OS/c1-8-11(9(2)15)14(12(16)13-8)10-6-4-3-5-7-10/h3-7H,1-2H3,(H,13,16). The molecule has 1 heterocycles. The Bertz CT molecular complexity index is 581. The number of aromatic nitrogens is 2. The lowest BCUT2D eigenvalue weighted by molar-refractivity contribution is 0.101. The van der Waals surface area contributed by atoms with Crippen molar-refractivity contribution in [1.29, 1.82) is 0 Å². The lowest BCUT2D eigenvalue weighted by Gasteiger charge is -2.06. The summed E-state index contributed by atoms with van der Waals surface area (Å²) in [6.07, 6.45) is 0. The highest BCUT2D eigenvalue weighted by Crippen LogP contribution is 2.16. The number of hydrogen-bond donors (Lipinski definition) is 1. The molecule has 0 bridgehead atoms. The van der Waals surface area contributed by atoms with Crippen LogP contribution >= 0.6 is 12.2 Å². The number of aryl methyl sites for hydroxylation is 1. The maximum absolute atomic E-state index is 11.6. The van der Waals surface area contributed by atoms with E-state index in [-0.39, 0.29) is 5.78 Å². The molecule has 2 rings (SSSR count). The number of aromatic amines is 1. The van der Waals surface area contributed by atoms with Crippen LogP contribution in [0.2, 0.25) is 0 Å². The third-order valence-electron chi connectivity index (χ3n) is 2.42. The maximum Gasteiger partial charge on any atom is 0.182 e. The van der Waals surface area contributed by atoms with E-state index in [9.17, 15) is 4.79 Å². The number of carbonyl (C=O) groups is 1. The summed E-state index contributed by atoms with van der Waals surface area (Å²) in [7, 11) is 0. The molecule has 0 aliphatic carbocycles. The Morgan fingerprint density at radius 1 is 1.31 bits per heavy atom. The number of hydrogen-bond acceptors (Lipinski definition) is 2. The summed E-state index contributed by atoms with van der Waals surface area (Å²) in [6.45, 7) is 3.40. The molecule has 0 radical (unpaired) electrons. The van der Waals surface area contributed by atoms with Crippen molar-refractivity contribution in [3.05, 3.63) is 46.5 Å². The summed E-state index contributed by atoms with van der Waals surface area (Å²) in [5, 5.41) is 0. The van der Waals surface area contributed by atoms with Gasteiger partial charge < -0.3 is 4.98 Å². The van der Waals surface area contributed by atoms with Gasteiger partial charge in [-0.2, -0.15) is 0 Å². The quantitative estimate of drug-likeness (QED) is 0.638. The van der Waals surface area contributed by atoms with Crippen LogP contribution in [0.15, 0.2) is 30.3 Å². The molecule has 4 heteroatoms. The predicted molar refractivity (Wildman–Crippen MR) is 65.7 cm³/mol. The van der Waals surface area contributed by atoms with Crippen LogP contribution in [0.3, 0.4) is 0 Å². The van der Waals surface area contributed by atoms with Crippen LogP contribution in [0.1, 0.15) is 23.1 Å². The number of imidazole rings is 1. The summed E-state index contributed by atoms with van der Waals surface area (Å²) in [5.74, 6) is 0.00806. The summed E-state index contributed by atoms with van der Waals surface area (Å²) in [6, 6.07) is 9.62. The Balaban J connectivity index is 2.75. The van der Waals surface area contributed by atoms with Gasteiger partial charge in [0.1, 0.15) is 5.69 Å². The first-order valence-electron chi connectivity index (χ1n) is 4.99. The Hall–Kier alpha value is -1.68. The van der Waals surface area contributed by atoms with Gasteiger partial charge >= 0.3 is 0 Å². The Kier molecular flexibility index (Phi) is 2.75. The van der Waals surface area contributed by atoms with Gasteiger partial charge in [-0.3, -0.25) is 9.36 Å². The molecule has 0 atom stereocenters. The lowest BCUT2D eigenvalue weighted by Crippen LogP contribution is -2.05. The molecule has 0 aliphatic rings. The van der Waals surface area contributed by atoms with E-state index < -0.39 is 0 Å². The predicted octanol–water partition coefficient (Wildman–Crippen LogP) is 3.05. The van der Waals surface area contributed by atoms with E-state index in [1.54, 1.807) is 11.5 Å². The summed E-state index contributed by atoms with van der Waals surface area (Å²) in [4.78, 5) is 14.6. The first-order valence-corrected chi connectivity index (χ1v) is 5.40. The van der Waals surface area contributed by atoms with Crippen molar-refractivity contribution >= 4 is 18.0 Å². The molecule has 0 fully saturated rings. The van der Waals surface area contributed by atoms with Gasteiger partial charge in [0, 0.05) is 18.3 Å². The van der Waals surface area contributed by atoms with Crippen LogP contribution in [0.4, 0.5) is 0 Å². The fourth-order valence-electron chi connectivity index (χ4n) is 1.79. The zero-order chi connectivity index (χ0) is 11.7. The Labute approximate surface area is 98.7 Å². The minimum absolute atomic E-state index is 0.00806. The maximum atomic E-state index is 11.6. The minimum Gasteiger partial charge on any atom is -0.334 e. The third-order valence-corrected chi connectivity index (χ3v) is 2.71. The van der Waals surface area contributed by atoms with Crippen LogP contribution in [0.5, 0.6) is 0 Å². The first kappa shape index (κ1) is 10.8. The van der Waals surface area contributed by atoms with Gasteiger partial charge in [-0.1, -0.05) is 18.2 Å². The molecule has 82 valence electrons. The van der Waals surface area contributed by atoms with Gasteiger partial charge in [0.05, 0.1) is 0 Å². The number of ketones is 1. The van der Waals surface area contributed by atoms with Crippen LogP contribution in [0.25, 0.3) is 5.69 Å². The summed E-state index contributed by atoms with van der Waals surface area (Å²) in [5.41, 5.74) is 2.33. The van der Waals surface area contributed by atoms with Crippen LogP contribution in [-0.2, 0) is 0 Å². The fraction of sp³-hybridized carbons (Fsp3) is 0.167. The van der Waals surface area contributed by atoms with Crippen molar-refractivity contribution < 1.29 is 4.79 Å². The van der Waals surface area contributed by atoms with Crippen LogP contribution < -0.4 is 0 Å². The fourth-order valence-corrected chi connectivity index (χ4v) is 2.14. The number of nitrogens with zero attached hydrogens (tertiary/aromatic N) is 1. The molecular formula is C12H12N2OS. The number of nitrogens with one attached hydrogen (secondary N) is 1. The minimum atomic E-state index is 0.00806. The molecular weight excluding hydrogens is 220 g/mol. The molecule has 3 nitrogen and oxygen atoms in total. The zero-order valence-corrected chi connectivity index (χ0v) is 9.97. The SMILES string of the molecule is CC(=O)c1c(C)[nH]c(=S)n1-c1ccccc1. The Morgan fingerprint density at radius 2 is 1.94 bits per heavy atom. The average Bonchev–Trinajstić information content (AvgIpc) is 2.55. The smallest absolute Gasteiger partial charge is 0.182 e. The molecule has 0 saturated heterocycles. The normalized spacial score (nSPS) is 10.4. The largest absolute Gasteiger partial charge is 0.334 e. The number of carbonyl (C=O) groups excluding carboxylic acids is 1. The number of rotatable bonds is 2. The highest BCUT2D eigenvalue weighted by molar-refractivity contribution is 7.71. The van der Waals surface area contributed by atoms with E-state index in [4.69, 9.17) is 12.2 Å². The molecule has 1 aromatic carbocycles. The molecule has 0 saturated carbocycles. The van der Waals surface area contributed by atoms with E-state index in [1.807, 2.05) is 37.3 Å². The second-order valence-electron chi connectivity index (χ2n) is 3.63. The van der Waals surface area contributed by atoms with Gasteiger partial charge in [0.15, 0.2) is 10.6 Å². The van der Waals surface area contributed by atoms with Gasteiger partial charge in [-0.15, -0.1) is 0 Å². The molecule has 16 heavy (non-hydrogen) atoms. The molecule has 1 N–H and O–H groups in total. The van der Waals surface area contributed by atoms with Gasteiger partial charge in [0.2, 0.25) is 0 Å². The topological polar surface area (TPSA) is 37.8 Å². The highest BCUT2D eigenvalue weighted by atomic mass is 32.1.